The van der Waals surface area contributed by atoms with Crippen LogP contribution in [0.15, 0.2) is 42.5 Å². The van der Waals surface area contributed by atoms with Crippen LogP contribution in [0.4, 0.5) is 5.69 Å². The zero-order valence-electron chi connectivity index (χ0n) is 17.3. The summed E-state index contributed by atoms with van der Waals surface area (Å²) in [5, 5.41) is 12.0. The van der Waals surface area contributed by atoms with Gasteiger partial charge in [0.25, 0.3) is 11.6 Å². The van der Waals surface area contributed by atoms with Crippen LogP contribution in [-0.2, 0) is 5.72 Å². The van der Waals surface area contributed by atoms with Gasteiger partial charge in [-0.15, -0.1) is 0 Å². The molecule has 6 heteroatoms. The molecule has 2 aliphatic heterocycles. The first-order valence-corrected chi connectivity index (χ1v) is 10.00. The van der Waals surface area contributed by atoms with Crippen LogP contribution in [0, 0.1) is 6.92 Å². The number of β-amino-alcohol motifs (C(OH)–C–C–N with tert-alkyl or cyclic N) is 1. The molecule has 156 valence electrons. The number of aryl methyl sites for hydroxylation is 1. The van der Waals surface area contributed by atoms with Gasteiger partial charge in [-0.3, -0.25) is 0 Å². The van der Waals surface area contributed by atoms with Crippen molar-refractivity contribution in [3.8, 4) is 11.5 Å². The summed E-state index contributed by atoms with van der Waals surface area (Å²) >= 11 is 0. The van der Waals surface area contributed by atoms with E-state index in [2.05, 4.69) is 40.7 Å². The van der Waals surface area contributed by atoms with Crippen LogP contribution in [0.3, 0.4) is 0 Å². The Kier molecular flexibility index (Phi) is 6.54. The molecule has 0 bridgehead atoms. The fourth-order valence-corrected chi connectivity index (χ4v) is 4.49. The molecule has 2 aliphatic rings. The Labute approximate surface area is 183 Å². The minimum Gasteiger partial charge on any atom is -1.00 e. The van der Waals surface area contributed by atoms with E-state index in [1.54, 1.807) is 14.2 Å². The highest BCUT2D eigenvalue weighted by atomic mass is 79.9. The average molecular weight is 461 g/mol. The Morgan fingerprint density at radius 1 is 1.00 bits per heavy atom. The largest absolute Gasteiger partial charge is 1.00 e. The molecule has 5 nitrogen and oxygen atoms in total. The molecule has 0 saturated heterocycles. The Hall–Kier alpha value is -2.05. The number of anilines is 1. The van der Waals surface area contributed by atoms with Crippen molar-refractivity contribution >= 4 is 11.5 Å². The summed E-state index contributed by atoms with van der Waals surface area (Å²) in [7, 11) is 3.26. The summed E-state index contributed by atoms with van der Waals surface area (Å²) in [6, 6.07) is 14.1. The van der Waals surface area contributed by atoms with Gasteiger partial charge in [-0.2, -0.15) is 0 Å². The quantitative estimate of drug-likeness (QED) is 0.681. The molecule has 1 atom stereocenters. The second-order valence-corrected chi connectivity index (χ2v) is 7.64. The first kappa shape index (κ1) is 21.7. The van der Waals surface area contributed by atoms with Crippen molar-refractivity contribution in [1.29, 1.82) is 0 Å². The van der Waals surface area contributed by atoms with Crippen LogP contribution in [0.1, 0.15) is 36.8 Å². The SMILES string of the molecule is COc1ccc(C2(O)CN(c3ccccc3C)C3=[N+]2CCCCC3)cc1OC.[Br-]. The molecule has 0 aromatic heterocycles. The van der Waals surface area contributed by atoms with Gasteiger partial charge < -0.3 is 31.6 Å². The molecule has 2 heterocycles. The molecule has 0 aliphatic carbocycles. The number of benzene rings is 2. The minimum absolute atomic E-state index is 0. The molecule has 0 amide bonds. The molecule has 2 aromatic rings. The standard InChI is InChI=1S/C23H29N2O3.BrH/c1-17-9-6-7-10-19(17)24-16-23(26,25-14-8-4-5-11-22(24)25)18-12-13-20(27-2)21(15-18)28-3;/h6-7,9-10,12-13,15,26H,4-5,8,11,14,16H2,1-3H3;1H/q+1;/p-1. The zero-order valence-corrected chi connectivity index (χ0v) is 18.9. The lowest BCUT2D eigenvalue weighted by molar-refractivity contribution is -0.658. The number of amidine groups is 1. The van der Waals surface area contributed by atoms with Crippen LogP contribution in [0.2, 0.25) is 0 Å². The molecule has 1 N–H and O–H groups in total. The molecule has 0 radical (unpaired) electrons. The molecule has 4 rings (SSSR count). The van der Waals surface area contributed by atoms with Crippen LogP contribution in [0.5, 0.6) is 11.5 Å². The van der Waals surface area contributed by atoms with E-state index < -0.39 is 5.72 Å². The highest BCUT2D eigenvalue weighted by molar-refractivity contribution is 5.96. The van der Waals surface area contributed by atoms with Gasteiger partial charge in [0, 0.05) is 12.0 Å². The van der Waals surface area contributed by atoms with Gasteiger partial charge in [-0.25, -0.2) is 9.48 Å². The van der Waals surface area contributed by atoms with Crippen LogP contribution < -0.4 is 31.4 Å². The smallest absolute Gasteiger partial charge is 0.271 e. The summed E-state index contributed by atoms with van der Waals surface area (Å²) < 4.78 is 13.1. The second-order valence-electron chi connectivity index (χ2n) is 7.64. The van der Waals surface area contributed by atoms with E-state index in [9.17, 15) is 5.11 Å². The summed E-state index contributed by atoms with van der Waals surface area (Å²) in [6.45, 7) is 3.48. The third-order valence-electron chi connectivity index (χ3n) is 5.98. The number of hydrogen-bond acceptors (Lipinski definition) is 4. The Morgan fingerprint density at radius 3 is 2.48 bits per heavy atom. The average Bonchev–Trinajstić information content (AvgIpc) is 2.87. The lowest BCUT2D eigenvalue weighted by Crippen LogP contribution is -3.00. The number of aliphatic hydroxyl groups is 1. The third-order valence-corrected chi connectivity index (χ3v) is 5.98. The molecule has 0 saturated carbocycles. The molecular weight excluding hydrogens is 432 g/mol. The Balaban J connectivity index is 0.00000240. The fourth-order valence-electron chi connectivity index (χ4n) is 4.49. The lowest BCUT2D eigenvalue weighted by Gasteiger charge is -2.24. The third kappa shape index (κ3) is 3.76. The maximum Gasteiger partial charge on any atom is 0.271 e. The van der Waals surface area contributed by atoms with Gasteiger partial charge in [0.05, 0.1) is 20.8 Å². The van der Waals surface area contributed by atoms with E-state index in [1.807, 2.05) is 18.2 Å². The molecular formula is C23H29BrN2O3. The number of methoxy groups -OCH3 is 2. The van der Waals surface area contributed by atoms with Crippen molar-refractivity contribution in [2.24, 2.45) is 0 Å². The van der Waals surface area contributed by atoms with Crippen molar-refractivity contribution in [2.75, 3.05) is 32.2 Å². The van der Waals surface area contributed by atoms with Crippen molar-refractivity contribution in [3.63, 3.8) is 0 Å². The first-order chi connectivity index (χ1) is 13.6. The summed E-state index contributed by atoms with van der Waals surface area (Å²) in [6.07, 6.45) is 4.39. The number of hydrogen-bond donors (Lipinski definition) is 1. The predicted octanol–water partition coefficient (Wildman–Crippen LogP) is 0.667. The van der Waals surface area contributed by atoms with Crippen molar-refractivity contribution < 1.29 is 36.1 Å². The van der Waals surface area contributed by atoms with Gasteiger partial charge in [-0.1, -0.05) is 18.2 Å². The lowest BCUT2D eigenvalue weighted by atomic mass is 10.0. The molecule has 0 spiro atoms. The number of halogens is 1. The fraction of sp³-hybridized carbons (Fsp3) is 0.435. The molecule has 29 heavy (non-hydrogen) atoms. The van der Waals surface area contributed by atoms with Gasteiger partial charge in [-0.05, 0) is 56.0 Å². The minimum atomic E-state index is -1.10. The second kappa shape index (κ2) is 8.76. The van der Waals surface area contributed by atoms with Crippen LogP contribution in [-0.4, -0.2) is 42.8 Å². The number of ether oxygens (including phenoxy) is 2. The maximum atomic E-state index is 12.0. The van der Waals surface area contributed by atoms with E-state index >= 15 is 0 Å². The van der Waals surface area contributed by atoms with Gasteiger partial charge in [0.1, 0.15) is 5.69 Å². The monoisotopic (exact) mass is 460 g/mol. The predicted molar refractivity (Wildman–Crippen MR) is 111 cm³/mol. The number of para-hydroxylation sites is 1. The van der Waals surface area contributed by atoms with Crippen molar-refractivity contribution in [3.05, 3.63) is 53.6 Å². The maximum absolute atomic E-state index is 12.0. The van der Waals surface area contributed by atoms with E-state index in [1.165, 1.54) is 23.5 Å². The van der Waals surface area contributed by atoms with Gasteiger partial charge >= 0.3 is 0 Å². The number of nitrogens with zero attached hydrogens (tertiary/aromatic N) is 2. The van der Waals surface area contributed by atoms with Crippen molar-refractivity contribution in [1.82, 2.24) is 0 Å². The van der Waals surface area contributed by atoms with Crippen LogP contribution >= 0.6 is 0 Å². The topological polar surface area (TPSA) is 44.9 Å². The molecule has 2 aromatic carbocycles. The van der Waals surface area contributed by atoms with E-state index in [-0.39, 0.29) is 17.0 Å². The normalized spacial score (nSPS) is 21.3. The summed E-state index contributed by atoms with van der Waals surface area (Å²) in [5.41, 5.74) is 2.12. The molecule has 1 unspecified atom stereocenters. The molecule has 0 fully saturated rings. The Bertz CT molecular complexity index is 915. The van der Waals surface area contributed by atoms with E-state index in [0.717, 1.165) is 31.4 Å². The summed E-state index contributed by atoms with van der Waals surface area (Å²) in [4.78, 5) is 2.30. The Morgan fingerprint density at radius 2 is 1.76 bits per heavy atom. The van der Waals surface area contributed by atoms with Crippen molar-refractivity contribution in [2.45, 2.75) is 38.3 Å². The van der Waals surface area contributed by atoms with Gasteiger partial charge in [0.2, 0.25) is 0 Å². The van der Waals surface area contributed by atoms with Crippen LogP contribution in [0.25, 0.3) is 0 Å². The zero-order chi connectivity index (χ0) is 19.7. The van der Waals surface area contributed by atoms with Gasteiger partial charge in [0.15, 0.2) is 18.0 Å². The number of rotatable bonds is 4. The van der Waals surface area contributed by atoms with E-state index in [4.69, 9.17) is 9.47 Å². The first-order valence-electron chi connectivity index (χ1n) is 10.00. The highest BCUT2D eigenvalue weighted by Gasteiger charge is 2.52. The highest BCUT2D eigenvalue weighted by Crippen LogP contribution is 2.39. The summed E-state index contributed by atoms with van der Waals surface area (Å²) in [5.74, 6) is 2.52. The van der Waals surface area contributed by atoms with E-state index in [0.29, 0.717) is 18.0 Å².